The topological polar surface area (TPSA) is 78.7 Å². The van der Waals surface area contributed by atoms with E-state index in [1.165, 1.54) is 6.42 Å². The van der Waals surface area contributed by atoms with Crippen LogP contribution < -0.4 is 10.0 Å². The molecule has 0 aromatic carbocycles. The summed E-state index contributed by atoms with van der Waals surface area (Å²) in [5.74, 6) is 1.26. The third kappa shape index (κ3) is 7.14. The first-order valence-electron chi connectivity index (χ1n) is 8.40. The molecule has 0 aliphatic heterocycles. The molecule has 144 valence electrons. The molecular formula is C16H30IN5O2S. The van der Waals surface area contributed by atoms with E-state index < -0.39 is 10.0 Å². The quantitative estimate of drug-likeness (QED) is 0.333. The molecule has 1 saturated carbocycles. The molecule has 0 spiro atoms. The van der Waals surface area contributed by atoms with Gasteiger partial charge >= 0.3 is 0 Å². The zero-order valence-electron chi connectivity index (χ0n) is 15.2. The van der Waals surface area contributed by atoms with Crippen LogP contribution in [0.2, 0.25) is 0 Å². The number of aryl methyl sites for hydroxylation is 1. The van der Waals surface area contributed by atoms with Crippen molar-refractivity contribution in [3.05, 3.63) is 24.0 Å². The van der Waals surface area contributed by atoms with Crippen molar-refractivity contribution in [1.29, 1.82) is 0 Å². The van der Waals surface area contributed by atoms with Gasteiger partial charge in [0.05, 0.1) is 12.3 Å². The lowest BCUT2D eigenvalue weighted by Crippen LogP contribution is -2.42. The van der Waals surface area contributed by atoms with Crippen LogP contribution in [-0.2, 0) is 23.6 Å². The van der Waals surface area contributed by atoms with Crippen molar-refractivity contribution in [3.8, 4) is 0 Å². The van der Waals surface area contributed by atoms with Gasteiger partial charge in [-0.15, -0.1) is 24.0 Å². The average Bonchev–Trinajstić information content (AvgIpc) is 2.87. The lowest BCUT2D eigenvalue weighted by Gasteiger charge is -2.25. The van der Waals surface area contributed by atoms with Crippen LogP contribution in [0.1, 0.15) is 25.0 Å². The number of hydrogen-bond acceptors (Lipinski definition) is 3. The Hall–Kier alpha value is -0.810. The van der Waals surface area contributed by atoms with E-state index in [0.29, 0.717) is 31.5 Å². The Morgan fingerprint density at radius 3 is 2.68 bits per heavy atom. The first-order valence-corrected chi connectivity index (χ1v) is 10.1. The van der Waals surface area contributed by atoms with E-state index in [-0.39, 0.29) is 29.7 Å². The van der Waals surface area contributed by atoms with Crippen molar-refractivity contribution in [1.82, 2.24) is 19.5 Å². The van der Waals surface area contributed by atoms with Crippen LogP contribution in [-0.4, -0.2) is 56.8 Å². The molecule has 0 radical (unpaired) electrons. The second-order valence-corrected chi connectivity index (χ2v) is 8.33. The summed E-state index contributed by atoms with van der Waals surface area (Å²) in [5, 5.41) is 3.12. The average molecular weight is 483 g/mol. The van der Waals surface area contributed by atoms with Crippen LogP contribution in [0, 0.1) is 5.92 Å². The Bertz CT molecular complexity index is 655. The maximum atomic E-state index is 12.0. The third-order valence-electron chi connectivity index (χ3n) is 4.49. The van der Waals surface area contributed by atoms with Crippen molar-refractivity contribution in [2.75, 3.05) is 32.9 Å². The summed E-state index contributed by atoms with van der Waals surface area (Å²) in [6.45, 7) is 1.62. The fraction of sp³-hybridized carbons (Fsp3) is 0.688. The number of rotatable bonds is 8. The predicted molar refractivity (Wildman–Crippen MR) is 113 cm³/mol. The van der Waals surface area contributed by atoms with Gasteiger partial charge in [-0.25, -0.2) is 13.1 Å². The summed E-state index contributed by atoms with van der Waals surface area (Å²) in [5.41, 5.74) is 1.16. The van der Waals surface area contributed by atoms with Gasteiger partial charge in [-0.2, -0.15) is 0 Å². The maximum Gasteiger partial charge on any atom is 0.213 e. The van der Waals surface area contributed by atoms with Gasteiger partial charge in [-0.3, -0.25) is 4.99 Å². The van der Waals surface area contributed by atoms with Gasteiger partial charge in [0.1, 0.15) is 0 Å². The summed E-state index contributed by atoms with van der Waals surface area (Å²) in [7, 11) is 2.41. The molecule has 1 aromatic heterocycles. The van der Waals surface area contributed by atoms with E-state index in [9.17, 15) is 8.42 Å². The molecule has 0 atom stereocenters. The molecule has 1 fully saturated rings. The van der Waals surface area contributed by atoms with E-state index in [4.69, 9.17) is 0 Å². The minimum absolute atomic E-state index is 0. The molecule has 0 amide bonds. The van der Waals surface area contributed by atoms with Gasteiger partial charge in [0, 0.05) is 46.1 Å². The first kappa shape index (κ1) is 22.2. The Labute approximate surface area is 168 Å². The van der Waals surface area contributed by atoms with Crippen molar-refractivity contribution < 1.29 is 8.42 Å². The lowest BCUT2D eigenvalue weighted by molar-refractivity contribution is 0.316. The van der Waals surface area contributed by atoms with E-state index in [0.717, 1.165) is 18.5 Å². The number of halogens is 1. The fourth-order valence-corrected chi connectivity index (χ4v) is 3.68. The Balaban J connectivity index is 0.00000312. The first-order chi connectivity index (χ1) is 11.4. The van der Waals surface area contributed by atoms with Crippen molar-refractivity contribution in [3.63, 3.8) is 0 Å². The molecule has 25 heavy (non-hydrogen) atoms. The molecule has 0 saturated heterocycles. The Kier molecular flexibility index (Phi) is 9.22. The van der Waals surface area contributed by atoms with E-state index in [1.54, 1.807) is 7.05 Å². The second-order valence-electron chi connectivity index (χ2n) is 6.40. The number of nitrogens with one attached hydrogen (secondary N) is 2. The summed E-state index contributed by atoms with van der Waals surface area (Å²) in [4.78, 5) is 6.20. The van der Waals surface area contributed by atoms with E-state index in [1.807, 2.05) is 31.3 Å². The molecule has 0 unspecified atom stereocenters. The zero-order valence-corrected chi connectivity index (χ0v) is 18.4. The highest BCUT2D eigenvalue weighted by Crippen LogP contribution is 2.25. The highest BCUT2D eigenvalue weighted by atomic mass is 127. The van der Waals surface area contributed by atoms with Gasteiger partial charge < -0.3 is 14.8 Å². The molecule has 1 aliphatic rings. The number of aliphatic imine (C=N–C) groups is 1. The summed E-state index contributed by atoms with van der Waals surface area (Å²) < 4.78 is 28.8. The summed E-state index contributed by atoms with van der Waals surface area (Å²) in [6, 6.07) is 4.05. The summed E-state index contributed by atoms with van der Waals surface area (Å²) >= 11 is 0. The molecule has 1 aliphatic carbocycles. The van der Waals surface area contributed by atoms with E-state index >= 15 is 0 Å². The highest BCUT2D eigenvalue weighted by Gasteiger charge is 2.20. The van der Waals surface area contributed by atoms with Crippen molar-refractivity contribution in [2.24, 2.45) is 18.0 Å². The van der Waals surface area contributed by atoms with Gasteiger partial charge in [-0.1, -0.05) is 6.42 Å². The summed E-state index contributed by atoms with van der Waals surface area (Å²) in [6.07, 6.45) is 5.49. The number of hydrogen-bond donors (Lipinski definition) is 2. The van der Waals surface area contributed by atoms with Crippen molar-refractivity contribution >= 4 is 40.0 Å². The van der Waals surface area contributed by atoms with Gasteiger partial charge in [0.25, 0.3) is 0 Å². The minimum Gasteiger partial charge on any atom is -0.355 e. The van der Waals surface area contributed by atoms with Crippen LogP contribution >= 0.6 is 24.0 Å². The van der Waals surface area contributed by atoms with Crippen LogP contribution in [0.15, 0.2) is 23.3 Å². The monoisotopic (exact) mass is 483 g/mol. The highest BCUT2D eigenvalue weighted by molar-refractivity contribution is 14.0. The van der Waals surface area contributed by atoms with Gasteiger partial charge in [0.15, 0.2) is 5.96 Å². The molecule has 1 heterocycles. The molecule has 7 nitrogen and oxygen atoms in total. The molecular weight excluding hydrogens is 453 g/mol. The van der Waals surface area contributed by atoms with Crippen molar-refractivity contribution in [2.45, 2.75) is 25.8 Å². The molecule has 2 N–H and O–H groups in total. The second kappa shape index (κ2) is 10.4. The Morgan fingerprint density at radius 1 is 1.44 bits per heavy atom. The fourth-order valence-electron chi connectivity index (χ4n) is 2.67. The van der Waals surface area contributed by atoms with Crippen LogP contribution in [0.25, 0.3) is 0 Å². The van der Waals surface area contributed by atoms with Crippen LogP contribution in [0.5, 0.6) is 0 Å². The van der Waals surface area contributed by atoms with Gasteiger partial charge in [0.2, 0.25) is 10.0 Å². The number of aromatic nitrogens is 1. The molecule has 0 bridgehead atoms. The van der Waals surface area contributed by atoms with Crippen LogP contribution in [0.4, 0.5) is 0 Å². The van der Waals surface area contributed by atoms with Gasteiger partial charge in [-0.05, 0) is 30.9 Å². The van der Waals surface area contributed by atoms with Crippen LogP contribution in [0.3, 0.4) is 0 Å². The Morgan fingerprint density at radius 2 is 2.16 bits per heavy atom. The molecule has 2 rings (SSSR count). The predicted octanol–water partition coefficient (Wildman–Crippen LogP) is 1.37. The largest absolute Gasteiger partial charge is 0.355 e. The maximum absolute atomic E-state index is 12.0. The zero-order chi connectivity index (χ0) is 17.6. The molecule has 9 heteroatoms. The number of sulfonamides is 1. The standard InChI is InChI=1S/C16H29N5O2S.HI/c1-17-16(21(3)13-15-8-5-10-20(15)2)18-9-11-24(22,23)19-12-14-6-4-7-14;/h5,8,10,14,19H,4,6-7,9,11-13H2,1-3H3,(H,17,18);1H. The molecule has 1 aromatic rings. The minimum atomic E-state index is -3.23. The van der Waals surface area contributed by atoms with E-state index in [2.05, 4.69) is 25.7 Å². The smallest absolute Gasteiger partial charge is 0.213 e. The lowest BCUT2D eigenvalue weighted by atomic mass is 9.86. The SMILES string of the molecule is CN=C(NCCS(=O)(=O)NCC1CCC1)N(C)Cc1cccn1C.I. The normalized spacial score (nSPS) is 15.4. The number of guanidine groups is 1. The third-order valence-corrected chi connectivity index (χ3v) is 5.84. The number of nitrogens with zero attached hydrogens (tertiary/aromatic N) is 3.